The number of hydrogen-bond donors (Lipinski definition) is 1. The number of rotatable bonds is 5. The van der Waals surface area contributed by atoms with E-state index in [0.717, 1.165) is 5.56 Å². The first kappa shape index (κ1) is 13.9. The van der Waals surface area contributed by atoms with Gasteiger partial charge in [-0.25, -0.2) is 0 Å². The predicted molar refractivity (Wildman–Crippen MR) is 75.5 cm³/mol. The Hall–Kier alpha value is -2.56. The molecule has 1 aromatic carbocycles. The minimum atomic E-state index is -0.313. The van der Waals surface area contributed by atoms with Crippen LogP contribution < -0.4 is 15.6 Å². The Labute approximate surface area is 116 Å². The summed E-state index contributed by atoms with van der Waals surface area (Å²) in [5.41, 5.74) is 0.667. The lowest BCUT2D eigenvalue weighted by Crippen LogP contribution is -2.30. The monoisotopic (exact) mass is 272 g/mol. The van der Waals surface area contributed by atoms with Crippen molar-refractivity contribution in [2.24, 2.45) is 0 Å². The lowest BCUT2D eigenvalue weighted by atomic mass is 10.2. The summed E-state index contributed by atoms with van der Waals surface area (Å²) in [5.74, 6) is 0.00701. The van der Waals surface area contributed by atoms with E-state index in [4.69, 9.17) is 4.74 Å². The average molecular weight is 272 g/mol. The maximum atomic E-state index is 12.1. The van der Waals surface area contributed by atoms with Gasteiger partial charge in [0.15, 0.2) is 5.75 Å². The number of nitrogens with one attached hydrogen (secondary N) is 1. The molecule has 0 spiro atoms. The van der Waals surface area contributed by atoms with Crippen molar-refractivity contribution >= 4 is 5.91 Å². The maximum absolute atomic E-state index is 12.1. The van der Waals surface area contributed by atoms with E-state index < -0.39 is 0 Å². The summed E-state index contributed by atoms with van der Waals surface area (Å²) in [7, 11) is 1.53. The third-order valence-electron chi connectivity index (χ3n) is 2.82. The van der Waals surface area contributed by atoms with Gasteiger partial charge in [-0.3, -0.25) is 9.59 Å². The van der Waals surface area contributed by atoms with Crippen LogP contribution in [0.15, 0.2) is 53.5 Å². The molecular weight excluding hydrogens is 256 g/mol. The molecule has 0 aliphatic heterocycles. The molecule has 0 radical (unpaired) electrons. The van der Waals surface area contributed by atoms with Gasteiger partial charge >= 0.3 is 0 Å². The number of benzene rings is 1. The molecule has 1 N–H and O–H groups in total. The van der Waals surface area contributed by atoms with Crippen LogP contribution in [-0.4, -0.2) is 17.5 Å². The predicted octanol–water partition coefficient (Wildman–Crippen LogP) is 1.17. The number of hydrogen-bond acceptors (Lipinski definition) is 3. The van der Waals surface area contributed by atoms with E-state index in [1.54, 1.807) is 18.3 Å². The van der Waals surface area contributed by atoms with Gasteiger partial charge in [-0.15, -0.1) is 0 Å². The zero-order valence-corrected chi connectivity index (χ0v) is 11.2. The molecule has 5 heteroatoms. The smallest absolute Gasteiger partial charge is 0.293 e. The van der Waals surface area contributed by atoms with Gasteiger partial charge in [0.05, 0.1) is 0 Å². The van der Waals surface area contributed by atoms with Crippen molar-refractivity contribution in [1.29, 1.82) is 0 Å². The lowest BCUT2D eigenvalue weighted by Gasteiger charge is -2.09. The van der Waals surface area contributed by atoms with Gasteiger partial charge in [-0.1, -0.05) is 30.3 Å². The van der Waals surface area contributed by atoms with Crippen molar-refractivity contribution in [3.05, 3.63) is 64.6 Å². The summed E-state index contributed by atoms with van der Waals surface area (Å²) in [5, 5.41) is 2.48. The van der Waals surface area contributed by atoms with E-state index >= 15 is 0 Å². The zero-order valence-electron chi connectivity index (χ0n) is 11.2. The second kappa shape index (κ2) is 6.56. The van der Waals surface area contributed by atoms with Crippen LogP contribution in [-0.2, 0) is 17.9 Å². The van der Waals surface area contributed by atoms with Crippen LogP contribution in [0.25, 0.3) is 0 Å². The van der Waals surface area contributed by atoms with E-state index in [0.29, 0.717) is 6.61 Å². The van der Waals surface area contributed by atoms with Gasteiger partial charge in [-0.2, -0.15) is 0 Å². The van der Waals surface area contributed by atoms with Crippen LogP contribution in [0.5, 0.6) is 5.75 Å². The molecule has 20 heavy (non-hydrogen) atoms. The van der Waals surface area contributed by atoms with E-state index in [1.807, 2.05) is 30.3 Å². The molecule has 0 saturated heterocycles. The van der Waals surface area contributed by atoms with Crippen LogP contribution in [0, 0.1) is 0 Å². The molecule has 5 nitrogen and oxygen atoms in total. The standard InChI is InChI=1S/C15H16N2O3/c1-16-14(18)10-17-9-5-8-13(15(17)19)20-11-12-6-3-2-4-7-12/h2-9H,10-11H2,1H3,(H,16,18). The van der Waals surface area contributed by atoms with E-state index in [2.05, 4.69) is 5.32 Å². The van der Waals surface area contributed by atoms with Crippen LogP contribution in [0.3, 0.4) is 0 Å². The number of carbonyl (C=O) groups is 1. The molecule has 0 unspecified atom stereocenters. The second-order valence-electron chi connectivity index (χ2n) is 4.25. The molecular formula is C15H16N2O3. The molecule has 2 rings (SSSR count). The quantitative estimate of drug-likeness (QED) is 0.889. The first-order valence-corrected chi connectivity index (χ1v) is 6.27. The van der Waals surface area contributed by atoms with Crippen molar-refractivity contribution in [3.63, 3.8) is 0 Å². The second-order valence-corrected chi connectivity index (χ2v) is 4.25. The minimum absolute atomic E-state index is 0.0160. The van der Waals surface area contributed by atoms with Gasteiger partial charge in [-0.05, 0) is 17.7 Å². The fourth-order valence-corrected chi connectivity index (χ4v) is 1.72. The van der Waals surface area contributed by atoms with E-state index in [1.165, 1.54) is 11.6 Å². The molecule has 0 aliphatic rings. The number of likely N-dealkylation sites (N-methyl/N-ethyl adjacent to an activating group) is 1. The summed E-state index contributed by atoms with van der Waals surface area (Å²) in [4.78, 5) is 23.4. The number of ether oxygens (including phenoxy) is 1. The first-order chi connectivity index (χ1) is 9.70. The van der Waals surface area contributed by atoms with Gasteiger partial charge in [0.25, 0.3) is 5.56 Å². The van der Waals surface area contributed by atoms with Crippen LogP contribution in [0.4, 0.5) is 0 Å². The molecule has 0 fully saturated rings. The fraction of sp³-hybridized carbons (Fsp3) is 0.200. The summed E-state index contributed by atoms with van der Waals surface area (Å²) in [6, 6.07) is 12.9. The summed E-state index contributed by atoms with van der Waals surface area (Å²) in [6.07, 6.45) is 1.56. The topological polar surface area (TPSA) is 60.3 Å². The molecule has 0 bridgehead atoms. The SMILES string of the molecule is CNC(=O)Cn1cccc(OCc2ccccc2)c1=O. The number of carbonyl (C=O) groups excluding carboxylic acids is 1. The highest BCUT2D eigenvalue weighted by molar-refractivity contribution is 5.75. The Bertz CT molecular complexity index is 635. The van der Waals surface area contributed by atoms with E-state index in [-0.39, 0.29) is 23.8 Å². The van der Waals surface area contributed by atoms with Crippen molar-refractivity contribution in [2.75, 3.05) is 7.05 Å². The molecule has 1 aromatic heterocycles. The van der Waals surface area contributed by atoms with Crippen LogP contribution in [0.1, 0.15) is 5.56 Å². The molecule has 0 aliphatic carbocycles. The summed E-state index contributed by atoms with van der Waals surface area (Å²) < 4.78 is 6.83. The number of pyridine rings is 1. The molecule has 104 valence electrons. The first-order valence-electron chi connectivity index (χ1n) is 6.27. The van der Waals surface area contributed by atoms with Crippen LogP contribution in [0.2, 0.25) is 0 Å². The molecule has 0 saturated carbocycles. The molecule has 1 amide bonds. The van der Waals surface area contributed by atoms with Crippen molar-refractivity contribution in [1.82, 2.24) is 9.88 Å². The number of amides is 1. The highest BCUT2D eigenvalue weighted by atomic mass is 16.5. The minimum Gasteiger partial charge on any atom is -0.483 e. The highest BCUT2D eigenvalue weighted by Crippen LogP contribution is 2.06. The Balaban J connectivity index is 2.11. The Morgan fingerprint density at radius 1 is 1.20 bits per heavy atom. The summed E-state index contributed by atoms with van der Waals surface area (Å²) in [6.45, 7) is 0.304. The van der Waals surface area contributed by atoms with Crippen molar-refractivity contribution in [3.8, 4) is 5.75 Å². The van der Waals surface area contributed by atoms with Gasteiger partial charge in [0, 0.05) is 13.2 Å². The maximum Gasteiger partial charge on any atom is 0.293 e. The fourth-order valence-electron chi connectivity index (χ4n) is 1.72. The zero-order chi connectivity index (χ0) is 14.4. The van der Waals surface area contributed by atoms with Crippen LogP contribution >= 0.6 is 0 Å². The average Bonchev–Trinajstić information content (AvgIpc) is 2.49. The molecule has 1 heterocycles. The van der Waals surface area contributed by atoms with Gasteiger partial charge in [0.1, 0.15) is 13.2 Å². The lowest BCUT2D eigenvalue weighted by molar-refractivity contribution is -0.121. The van der Waals surface area contributed by atoms with Gasteiger partial charge in [0.2, 0.25) is 5.91 Å². The molecule has 0 atom stereocenters. The normalized spacial score (nSPS) is 10.1. The van der Waals surface area contributed by atoms with Gasteiger partial charge < -0.3 is 14.6 Å². The third-order valence-corrected chi connectivity index (χ3v) is 2.82. The highest BCUT2D eigenvalue weighted by Gasteiger charge is 2.07. The van der Waals surface area contributed by atoms with Crippen molar-refractivity contribution < 1.29 is 9.53 Å². The number of nitrogens with zero attached hydrogens (tertiary/aromatic N) is 1. The Kier molecular flexibility index (Phi) is 4.55. The summed E-state index contributed by atoms with van der Waals surface area (Å²) >= 11 is 0. The molecule has 2 aromatic rings. The Morgan fingerprint density at radius 3 is 2.65 bits per heavy atom. The third kappa shape index (κ3) is 3.47. The van der Waals surface area contributed by atoms with Crippen molar-refractivity contribution in [2.45, 2.75) is 13.2 Å². The largest absolute Gasteiger partial charge is 0.483 e. The van der Waals surface area contributed by atoms with E-state index in [9.17, 15) is 9.59 Å². The Morgan fingerprint density at radius 2 is 1.95 bits per heavy atom. The number of aromatic nitrogens is 1.